The van der Waals surface area contributed by atoms with Gasteiger partial charge in [0.1, 0.15) is 35.7 Å². The Labute approximate surface area is 332 Å². The molecule has 1 aliphatic rings. The number of methoxy groups -OCH3 is 1. The number of anilines is 1. The van der Waals surface area contributed by atoms with Crippen LogP contribution in [0.1, 0.15) is 83.7 Å². The minimum absolute atomic E-state index is 0.0462. The van der Waals surface area contributed by atoms with Gasteiger partial charge in [0.05, 0.1) is 26.9 Å². The molecule has 5 rings (SSSR count). The van der Waals surface area contributed by atoms with Crippen molar-refractivity contribution >= 4 is 36.7 Å². The third-order valence-corrected chi connectivity index (χ3v) is 10.6. The third kappa shape index (κ3) is 10.5. The second kappa shape index (κ2) is 17.2. The van der Waals surface area contributed by atoms with E-state index >= 15 is 4.57 Å². The number of nitrogens with two attached hydrogens (primary N) is 1. The van der Waals surface area contributed by atoms with Gasteiger partial charge in [-0.25, -0.2) is 24.7 Å². The van der Waals surface area contributed by atoms with Crippen molar-refractivity contribution in [1.82, 2.24) is 29.7 Å². The van der Waals surface area contributed by atoms with E-state index in [1.54, 1.807) is 67.6 Å². The molecule has 6 N–H and O–H groups in total. The summed E-state index contributed by atoms with van der Waals surface area (Å²) in [6, 6.07) is 14.2. The van der Waals surface area contributed by atoms with Crippen molar-refractivity contribution in [3.8, 4) is 5.88 Å². The third-order valence-electron chi connectivity index (χ3n) is 8.93. The predicted octanol–water partition coefficient (Wildman–Crippen LogP) is 4.70. The Morgan fingerprint density at radius 3 is 1.86 bits per heavy atom. The first-order valence-corrected chi connectivity index (χ1v) is 20.1. The number of hydrogen-bond donors (Lipinski definition) is 5. The molecule has 0 aliphatic carbocycles. The number of imidazole rings is 1. The number of fused-ring (bicyclic) bond motifs is 1. The molecule has 310 valence electrons. The van der Waals surface area contributed by atoms with Gasteiger partial charge in [-0.15, -0.1) is 0 Å². The van der Waals surface area contributed by atoms with Crippen LogP contribution in [-0.4, -0.2) is 86.4 Å². The second-order valence-corrected chi connectivity index (χ2v) is 18.5. The lowest BCUT2D eigenvalue weighted by Gasteiger charge is -2.31. The standard InChI is InChI=1S/C39H54N7O10P/c1-23-41-29-31(42-36(40)43-32(29)52-9)46(23)35-39(8,50)30(47)26(56-35)20-55-57(51,44-27(24-16-12-10-13-17-24)33(48)53-21-37(2,3)4)45-28(25-18-14-11-15-19-25)34(49)54-22-38(5,6)7/h10-19,26-28,30,35,47,50H,20-22H2,1-9H3,(H2,40,42,43)(H2,44,45,51). The van der Waals surface area contributed by atoms with E-state index in [4.69, 9.17) is 29.2 Å². The van der Waals surface area contributed by atoms with Crippen LogP contribution in [-0.2, 0) is 32.9 Å². The summed E-state index contributed by atoms with van der Waals surface area (Å²) in [5, 5.41) is 29.0. The second-order valence-electron chi connectivity index (χ2n) is 16.6. The zero-order valence-corrected chi connectivity index (χ0v) is 34.6. The molecule has 1 fully saturated rings. The molecule has 0 radical (unpaired) electrons. The highest BCUT2D eigenvalue weighted by Gasteiger charge is 2.55. The number of carbonyl (C=O) groups is 2. The summed E-state index contributed by atoms with van der Waals surface area (Å²) < 4.78 is 45.9. The lowest BCUT2D eigenvalue weighted by molar-refractivity contribution is -0.149. The van der Waals surface area contributed by atoms with E-state index in [-0.39, 0.29) is 36.2 Å². The highest BCUT2D eigenvalue weighted by Crippen LogP contribution is 2.47. The zero-order chi connectivity index (χ0) is 41.9. The van der Waals surface area contributed by atoms with Crippen molar-refractivity contribution in [1.29, 1.82) is 0 Å². The molecule has 0 spiro atoms. The summed E-state index contributed by atoms with van der Waals surface area (Å²) in [5.74, 6) is -1.21. The first kappa shape index (κ1) is 43.6. The number of esters is 2. The number of nitrogen functional groups attached to an aromatic ring is 1. The number of nitrogens with zero attached hydrogens (tertiary/aromatic N) is 4. The summed E-state index contributed by atoms with van der Waals surface area (Å²) in [7, 11) is -3.22. The van der Waals surface area contributed by atoms with Gasteiger partial charge >= 0.3 is 19.6 Å². The Kier molecular flexibility index (Phi) is 13.1. The zero-order valence-electron chi connectivity index (χ0n) is 33.8. The van der Waals surface area contributed by atoms with E-state index in [0.29, 0.717) is 17.0 Å². The first-order chi connectivity index (χ1) is 26.6. The van der Waals surface area contributed by atoms with Crippen molar-refractivity contribution < 1.29 is 47.8 Å². The summed E-state index contributed by atoms with van der Waals surface area (Å²) in [4.78, 5) is 40.5. The van der Waals surface area contributed by atoms with Gasteiger partial charge in [0.2, 0.25) is 11.8 Å². The molecular weight excluding hydrogens is 757 g/mol. The summed E-state index contributed by atoms with van der Waals surface area (Å²) >= 11 is 0. The molecule has 4 aromatic rings. The van der Waals surface area contributed by atoms with Crippen LogP contribution in [0, 0.1) is 17.8 Å². The average Bonchev–Trinajstić information content (AvgIpc) is 3.59. The maximum atomic E-state index is 15.3. The highest BCUT2D eigenvalue weighted by molar-refractivity contribution is 7.54. The number of aliphatic hydroxyl groups is 2. The number of ether oxygens (including phenoxy) is 4. The Morgan fingerprint density at radius 1 is 0.912 bits per heavy atom. The Balaban J connectivity index is 1.53. The molecule has 6 atom stereocenters. The maximum Gasteiger partial charge on any atom is 0.342 e. The van der Waals surface area contributed by atoms with Gasteiger partial charge in [0, 0.05) is 0 Å². The molecule has 6 unspecified atom stereocenters. The van der Waals surface area contributed by atoms with Gasteiger partial charge in [-0.3, -0.25) is 9.13 Å². The minimum atomic E-state index is -4.61. The monoisotopic (exact) mass is 811 g/mol. The molecule has 18 heteroatoms. The summed E-state index contributed by atoms with van der Waals surface area (Å²) in [6.45, 7) is 13.9. The van der Waals surface area contributed by atoms with Crippen LogP contribution in [0.4, 0.5) is 5.95 Å². The van der Waals surface area contributed by atoms with Crippen molar-refractivity contribution in [2.45, 2.75) is 91.5 Å². The van der Waals surface area contributed by atoms with Crippen LogP contribution in [0.15, 0.2) is 60.7 Å². The van der Waals surface area contributed by atoms with Crippen LogP contribution >= 0.6 is 7.67 Å². The Morgan fingerprint density at radius 2 is 1.40 bits per heavy atom. The molecule has 3 heterocycles. The number of rotatable bonds is 15. The molecule has 0 bridgehead atoms. The van der Waals surface area contributed by atoms with Crippen LogP contribution < -0.4 is 20.6 Å². The van der Waals surface area contributed by atoms with Gasteiger partial charge in [-0.2, -0.15) is 9.97 Å². The lowest BCUT2D eigenvalue weighted by atomic mass is 9.96. The van der Waals surface area contributed by atoms with Crippen molar-refractivity contribution in [3.63, 3.8) is 0 Å². The average molecular weight is 812 g/mol. The van der Waals surface area contributed by atoms with E-state index in [2.05, 4.69) is 25.1 Å². The van der Waals surface area contributed by atoms with Crippen molar-refractivity contribution in [3.05, 3.63) is 77.6 Å². The molecule has 2 aromatic carbocycles. The summed E-state index contributed by atoms with van der Waals surface area (Å²) in [5.41, 5.74) is 4.38. The number of aryl methyl sites for hydroxylation is 1. The van der Waals surface area contributed by atoms with Gasteiger partial charge in [-0.1, -0.05) is 102 Å². The summed E-state index contributed by atoms with van der Waals surface area (Å²) in [6.07, 6.45) is -4.26. The number of aromatic nitrogens is 4. The fraction of sp³-hybridized carbons (Fsp3) is 0.513. The normalized spacial score (nSPS) is 22.1. The van der Waals surface area contributed by atoms with E-state index in [1.165, 1.54) is 18.6 Å². The molecule has 0 saturated carbocycles. The van der Waals surface area contributed by atoms with Gasteiger partial charge in [0.15, 0.2) is 17.4 Å². The molecular formula is C39H54N7O10P. The first-order valence-electron chi connectivity index (χ1n) is 18.5. The van der Waals surface area contributed by atoms with Crippen molar-refractivity contribution in [2.75, 3.05) is 32.7 Å². The maximum absolute atomic E-state index is 15.3. The number of aliphatic hydroxyl groups excluding tert-OH is 1. The molecule has 1 aliphatic heterocycles. The fourth-order valence-electron chi connectivity index (χ4n) is 6.04. The lowest BCUT2D eigenvalue weighted by Crippen LogP contribution is -2.45. The highest BCUT2D eigenvalue weighted by atomic mass is 31.2. The minimum Gasteiger partial charge on any atom is -0.479 e. The van der Waals surface area contributed by atoms with E-state index in [9.17, 15) is 19.8 Å². The van der Waals surface area contributed by atoms with Gasteiger partial charge in [-0.05, 0) is 35.8 Å². The fourth-order valence-corrected chi connectivity index (χ4v) is 7.81. The van der Waals surface area contributed by atoms with Crippen LogP contribution in [0.25, 0.3) is 11.2 Å². The molecule has 57 heavy (non-hydrogen) atoms. The van der Waals surface area contributed by atoms with Crippen LogP contribution in [0.3, 0.4) is 0 Å². The number of carbonyl (C=O) groups excluding carboxylic acids is 2. The van der Waals surface area contributed by atoms with Crippen LogP contribution in [0.5, 0.6) is 5.88 Å². The quantitative estimate of drug-likeness (QED) is 0.0809. The van der Waals surface area contributed by atoms with Crippen LogP contribution in [0.2, 0.25) is 0 Å². The SMILES string of the molecule is COc1nc(N)nc2c1nc(C)n2C1OC(COP(=O)(NC(C(=O)OCC(C)(C)C)c2ccccc2)NC(C(=O)OCC(C)(C)C)c2ccccc2)C(O)C1(C)O. The van der Waals surface area contributed by atoms with E-state index in [0.717, 1.165) is 0 Å². The van der Waals surface area contributed by atoms with Gasteiger partial charge < -0.3 is 39.4 Å². The molecule has 17 nitrogen and oxygen atoms in total. The molecule has 2 aromatic heterocycles. The Bertz CT molecular complexity index is 1990. The largest absolute Gasteiger partial charge is 0.479 e. The molecule has 0 amide bonds. The van der Waals surface area contributed by atoms with E-state index < -0.39 is 73.2 Å². The number of nitrogens with one attached hydrogen (secondary N) is 2. The van der Waals surface area contributed by atoms with Crippen molar-refractivity contribution in [2.24, 2.45) is 10.8 Å². The van der Waals surface area contributed by atoms with E-state index in [1.807, 2.05) is 41.5 Å². The van der Waals surface area contributed by atoms with Gasteiger partial charge in [0.25, 0.3) is 0 Å². The number of hydrogen-bond acceptors (Lipinski definition) is 14. The molecule has 1 saturated heterocycles. The predicted molar refractivity (Wildman–Crippen MR) is 211 cm³/mol. The Hall–Kier alpha value is -4.48. The number of benzene rings is 2. The smallest absolute Gasteiger partial charge is 0.342 e. The topological polar surface area (TPSA) is 231 Å².